The maximum absolute atomic E-state index is 13.0. The molecular weight excluding hydrogens is 462 g/mol. The van der Waals surface area contributed by atoms with Crippen molar-refractivity contribution in [2.24, 2.45) is 0 Å². The van der Waals surface area contributed by atoms with Crippen LogP contribution >= 0.6 is 0 Å². The van der Waals surface area contributed by atoms with Crippen LogP contribution < -0.4 is 14.4 Å². The number of nitrogens with one attached hydrogen (secondary N) is 2. The molecule has 1 aromatic heterocycles. The lowest BCUT2D eigenvalue weighted by Gasteiger charge is -2.24. The van der Waals surface area contributed by atoms with Crippen LogP contribution in [0.25, 0.3) is 10.9 Å². The van der Waals surface area contributed by atoms with Crippen LogP contribution in [0.5, 0.6) is 5.75 Å². The predicted molar refractivity (Wildman–Crippen MR) is 140 cm³/mol. The number of hydrogen-bond donors (Lipinski definition) is 2. The highest BCUT2D eigenvalue weighted by atomic mass is 32.2. The number of para-hydroxylation sites is 2. The van der Waals surface area contributed by atoms with Crippen LogP contribution in [0.1, 0.15) is 22.6 Å². The van der Waals surface area contributed by atoms with Crippen molar-refractivity contribution >= 4 is 32.5 Å². The van der Waals surface area contributed by atoms with Crippen molar-refractivity contribution in [1.29, 1.82) is 0 Å². The van der Waals surface area contributed by atoms with Gasteiger partial charge in [-0.25, -0.2) is 8.42 Å². The molecule has 8 heteroatoms. The van der Waals surface area contributed by atoms with Gasteiger partial charge in [-0.05, 0) is 47.9 Å². The molecule has 0 aliphatic heterocycles. The van der Waals surface area contributed by atoms with Crippen molar-refractivity contribution in [1.82, 2.24) is 10.3 Å². The Balaban J connectivity index is 1.59. The highest BCUT2D eigenvalue weighted by Gasteiger charge is 2.24. The highest BCUT2D eigenvalue weighted by molar-refractivity contribution is 7.92. The molecule has 0 saturated heterocycles. The number of ether oxygens (including phenoxy) is 1. The third-order valence-corrected chi connectivity index (χ3v) is 7.22. The first-order valence-corrected chi connectivity index (χ1v) is 13.1. The summed E-state index contributed by atoms with van der Waals surface area (Å²) in [5, 5.41) is 4.03. The van der Waals surface area contributed by atoms with Crippen molar-refractivity contribution in [3.05, 3.63) is 95.7 Å². The van der Waals surface area contributed by atoms with Crippen molar-refractivity contribution < 1.29 is 17.9 Å². The van der Waals surface area contributed by atoms with Crippen LogP contribution in [-0.2, 0) is 14.8 Å². The Morgan fingerprint density at radius 3 is 2.40 bits per heavy atom. The van der Waals surface area contributed by atoms with E-state index in [1.165, 1.54) is 0 Å². The highest BCUT2D eigenvalue weighted by Crippen LogP contribution is 2.31. The largest absolute Gasteiger partial charge is 0.497 e. The first kappa shape index (κ1) is 24.3. The molecule has 3 aromatic carbocycles. The van der Waals surface area contributed by atoms with Crippen molar-refractivity contribution in [3.8, 4) is 5.75 Å². The van der Waals surface area contributed by atoms with Gasteiger partial charge in [-0.15, -0.1) is 0 Å². The molecule has 1 unspecified atom stereocenters. The summed E-state index contributed by atoms with van der Waals surface area (Å²) >= 11 is 0. The number of carbonyl (C=O) groups is 1. The van der Waals surface area contributed by atoms with Gasteiger partial charge in [0, 0.05) is 29.6 Å². The lowest BCUT2D eigenvalue weighted by Crippen LogP contribution is -2.41. The van der Waals surface area contributed by atoms with Crippen LogP contribution in [0.2, 0.25) is 0 Å². The number of aryl methyl sites for hydroxylation is 1. The number of aromatic amines is 1. The average Bonchev–Trinajstić information content (AvgIpc) is 3.27. The third kappa shape index (κ3) is 5.49. The van der Waals surface area contributed by atoms with E-state index in [2.05, 4.69) is 10.3 Å². The Morgan fingerprint density at radius 2 is 1.71 bits per heavy atom. The summed E-state index contributed by atoms with van der Waals surface area (Å²) in [6, 6.07) is 22.9. The van der Waals surface area contributed by atoms with Crippen molar-refractivity contribution in [2.45, 2.75) is 12.8 Å². The second kappa shape index (κ2) is 10.2. The molecule has 0 saturated carbocycles. The molecule has 4 aromatic rings. The van der Waals surface area contributed by atoms with Crippen LogP contribution in [0.3, 0.4) is 0 Å². The lowest BCUT2D eigenvalue weighted by atomic mass is 9.91. The van der Waals surface area contributed by atoms with E-state index < -0.39 is 10.0 Å². The average molecular weight is 492 g/mol. The number of benzene rings is 3. The molecule has 35 heavy (non-hydrogen) atoms. The number of rotatable bonds is 9. The molecule has 1 amide bonds. The van der Waals surface area contributed by atoms with E-state index in [-0.39, 0.29) is 18.4 Å². The molecule has 0 spiro atoms. The number of sulfonamides is 1. The quantitative estimate of drug-likeness (QED) is 0.367. The number of fused-ring (bicyclic) bond motifs is 1. The minimum atomic E-state index is -3.65. The van der Waals surface area contributed by atoms with Crippen molar-refractivity contribution in [3.63, 3.8) is 0 Å². The first-order valence-electron chi connectivity index (χ1n) is 11.3. The molecule has 182 valence electrons. The Hall–Kier alpha value is -3.78. The summed E-state index contributed by atoms with van der Waals surface area (Å²) < 4.78 is 31.4. The van der Waals surface area contributed by atoms with E-state index in [1.807, 2.05) is 73.8 Å². The molecule has 2 N–H and O–H groups in total. The van der Waals surface area contributed by atoms with Gasteiger partial charge in [0.05, 0.1) is 19.1 Å². The van der Waals surface area contributed by atoms with Crippen LogP contribution in [0.4, 0.5) is 5.69 Å². The van der Waals surface area contributed by atoms with E-state index in [0.717, 1.165) is 43.9 Å². The molecule has 0 bridgehead atoms. The Morgan fingerprint density at radius 1 is 1.03 bits per heavy atom. The lowest BCUT2D eigenvalue weighted by molar-refractivity contribution is -0.119. The zero-order valence-corrected chi connectivity index (χ0v) is 20.8. The van der Waals surface area contributed by atoms with Gasteiger partial charge < -0.3 is 15.0 Å². The molecule has 7 nitrogen and oxygen atoms in total. The van der Waals surface area contributed by atoms with E-state index in [0.29, 0.717) is 12.2 Å². The maximum atomic E-state index is 13.0. The fraction of sp³-hybridized carbons (Fsp3) is 0.222. The second-order valence-corrected chi connectivity index (χ2v) is 10.4. The maximum Gasteiger partial charge on any atom is 0.240 e. The molecule has 0 radical (unpaired) electrons. The molecule has 1 heterocycles. The van der Waals surface area contributed by atoms with E-state index in [1.54, 1.807) is 19.2 Å². The van der Waals surface area contributed by atoms with Crippen LogP contribution in [0.15, 0.2) is 79.0 Å². The summed E-state index contributed by atoms with van der Waals surface area (Å²) in [5.41, 5.74) is 4.34. The number of anilines is 1. The smallest absolute Gasteiger partial charge is 0.240 e. The van der Waals surface area contributed by atoms with Gasteiger partial charge in [-0.2, -0.15) is 0 Å². The molecule has 0 aliphatic carbocycles. The van der Waals surface area contributed by atoms with Gasteiger partial charge in [-0.1, -0.05) is 48.5 Å². The first-order chi connectivity index (χ1) is 16.8. The fourth-order valence-corrected chi connectivity index (χ4v) is 5.17. The van der Waals surface area contributed by atoms with E-state index in [4.69, 9.17) is 4.74 Å². The molecule has 1 atom stereocenters. The topological polar surface area (TPSA) is 91.5 Å². The number of hydrogen-bond acceptors (Lipinski definition) is 4. The third-order valence-electron chi connectivity index (χ3n) is 6.09. The molecular formula is C27H29N3O4S. The number of H-pyrrole nitrogens is 1. The van der Waals surface area contributed by atoms with E-state index >= 15 is 0 Å². The monoisotopic (exact) mass is 491 g/mol. The molecule has 0 aliphatic rings. The van der Waals surface area contributed by atoms with Gasteiger partial charge >= 0.3 is 0 Å². The van der Waals surface area contributed by atoms with Gasteiger partial charge in [0.25, 0.3) is 0 Å². The Kier molecular flexibility index (Phi) is 7.12. The summed E-state index contributed by atoms with van der Waals surface area (Å²) in [6.45, 7) is 1.83. The number of aromatic nitrogens is 1. The zero-order valence-electron chi connectivity index (χ0n) is 20.0. The molecule has 0 fully saturated rings. The standard InChI is InChI=1S/C27H29N3O4S/c1-19-8-4-7-11-26(19)30(35(3,32)33)18-27(31)29-16-23(20-12-14-21(34-2)15-13-20)24-17-28-25-10-6-5-9-22(24)25/h4-15,17,23,28H,16,18H2,1-3H3,(H,29,31). The second-order valence-electron chi connectivity index (χ2n) is 8.48. The van der Waals surface area contributed by atoms with Gasteiger partial charge in [0.15, 0.2) is 0 Å². The van der Waals surface area contributed by atoms with E-state index in [9.17, 15) is 13.2 Å². The number of amides is 1. The molecule has 4 rings (SSSR count). The SMILES string of the molecule is COc1ccc(C(CNC(=O)CN(c2ccccc2C)S(C)(=O)=O)c2c[nH]c3ccccc23)cc1. The normalized spacial score (nSPS) is 12.3. The minimum absolute atomic E-state index is 0.147. The predicted octanol–water partition coefficient (Wildman–Crippen LogP) is 4.20. The number of nitrogens with zero attached hydrogens (tertiary/aromatic N) is 1. The Bertz CT molecular complexity index is 1430. The minimum Gasteiger partial charge on any atom is -0.497 e. The summed E-state index contributed by atoms with van der Waals surface area (Å²) in [7, 11) is -2.03. The van der Waals surface area contributed by atoms with Crippen LogP contribution in [0, 0.1) is 6.92 Å². The number of methoxy groups -OCH3 is 1. The zero-order chi connectivity index (χ0) is 25.0. The van der Waals surface area contributed by atoms with Gasteiger partial charge in [0.2, 0.25) is 15.9 Å². The summed E-state index contributed by atoms with van der Waals surface area (Å²) in [6.07, 6.45) is 3.07. The number of carbonyl (C=O) groups excluding carboxylic acids is 1. The Labute approximate surface area is 205 Å². The summed E-state index contributed by atoms with van der Waals surface area (Å²) in [4.78, 5) is 16.3. The van der Waals surface area contributed by atoms with Crippen molar-refractivity contribution in [2.75, 3.05) is 30.8 Å². The van der Waals surface area contributed by atoms with Gasteiger partial charge in [0.1, 0.15) is 12.3 Å². The fourth-order valence-electron chi connectivity index (χ4n) is 4.25. The van der Waals surface area contributed by atoms with Crippen LogP contribution in [-0.4, -0.2) is 45.8 Å². The summed E-state index contributed by atoms with van der Waals surface area (Å²) in [5.74, 6) is 0.223. The van der Waals surface area contributed by atoms with Gasteiger partial charge in [-0.3, -0.25) is 9.10 Å².